The molecule has 166 valence electrons. The fourth-order valence-corrected chi connectivity index (χ4v) is 4.26. The molecule has 2 amide bonds. The molecule has 1 aromatic heterocycles. The van der Waals surface area contributed by atoms with Gasteiger partial charge >= 0.3 is 12.0 Å². The molecule has 6 nitrogen and oxygen atoms in total. The molecule has 6 heteroatoms. The number of rotatable bonds is 4. The predicted molar refractivity (Wildman–Crippen MR) is 126 cm³/mol. The SMILES string of the molecule is CC(C)OC(=O)C1=CN(C(=O)NCc2ccccc2)CC(C)(C)c2c1[nH]c1ccccc21. The van der Waals surface area contributed by atoms with Crippen molar-refractivity contribution in [2.45, 2.75) is 45.8 Å². The van der Waals surface area contributed by atoms with Crippen LogP contribution in [0, 0.1) is 0 Å². The first-order valence-corrected chi connectivity index (χ1v) is 10.9. The highest BCUT2D eigenvalue weighted by Gasteiger charge is 2.37. The molecule has 0 atom stereocenters. The number of nitrogens with one attached hydrogen (secondary N) is 2. The van der Waals surface area contributed by atoms with Gasteiger partial charge in [0.15, 0.2) is 0 Å². The molecule has 0 aliphatic carbocycles. The zero-order chi connectivity index (χ0) is 22.9. The van der Waals surface area contributed by atoms with Gasteiger partial charge in [-0.1, -0.05) is 62.4 Å². The van der Waals surface area contributed by atoms with Crippen LogP contribution in [0.5, 0.6) is 0 Å². The van der Waals surface area contributed by atoms with Gasteiger partial charge in [-0.05, 0) is 31.0 Å². The average Bonchev–Trinajstić information content (AvgIpc) is 3.10. The van der Waals surface area contributed by atoms with E-state index in [9.17, 15) is 9.59 Å². The first-order chi connectivity index (χ1) is 15.3. The van der Waals surface area contributed by atoms with Crippen LogP contribution in [0.4, 0.5) is 4.79 Å². The van der Waals surface area contributed by atoms with Crippen molar-refractivity contribution < 1.29 is 14.3 Å². The number of para-hydroxylation sites is 1. The normalized spacial score (nSPS) is 15.2. The van der Waals surface area contributed by atoms with Gasteiger partial charge in [-0.3, -0.25) is 4.90 Å². The van der Waals surface area contributed by atoms with Gasteiger partial charge in [0, 0.05) is 35.6 Å². The van der Waals surface area contributed by atoms with Crippen LogP contribution in [-0.2, 0) is 21.5 Å². The highest BCUT2D eigenvalue weighted by atomic mass is 16.5. The standard InChI is InChI=1S/C26H29N3O3/c1-17(2)32-24(30)20-15-29(25(31)27-14-18-10-6-5-7-11-18)16-26(3,4)22-19-12-8-9-13-21(19)28-23(20)22/h5-13,15,17,28H,14,16H2,1-4H3,(H,27,31). The molecule has 3 aromatic rings. The molecule has 2 aromatic carbocycles. The van der Waals surface area contributed by atoms with Crippen molar-refractivity contribution >= 4 is 28.5 Å². The Balaban J connectivity index is 1.74. The van der Waals surface area contributed by atoms with Crippen LogP contribution in [0.3, 0.4) is 0 Å². The molecule has 0 radical (unpaired) electrons. The zero-order valence-corrected chi connectivity index (χ0v) is 18.9. The fourth-order valence-electron chi connectivity index (χ4n) is 4.26. The van der Waals surface area contributed by atoms with Crippen LogP contribution in [-0.4, -0.2) is 34.5 Å². The number of esters is 1. The monoisotopic (exact) mass is 431 g/mol. The van der Waals surface area contributed by atoms with E-state index >= 15 is 0 Å². The lowest BCUT2D eigenvalue weighted by Gasteiger charge is -2.29. The Hall–Kier alpha value is -3.54. The summed E-state index contributed by atoms with van der Waals surface area (Å²) in [6.45, 7) is 8.64. The summed E-state index contributed by atoms with van der Waals surface area (Å²) in [5, 5.41) is 4.01. The number of amides is 2. The quantitative estimate of drug-likeness (QED) is 0.573. The second-order valence-electron chi connectivity index (χ2n) is 9.07. The minimum Gasteiger partial charge on any atom is -0.459 e. The Bertz CT molecular complexity index is 1180. The lowest BCUT2D eigenvalue weighted by atomic mass is 9.82. The third-order valence-electron chi connectivity index (χ3n) is 5.61. The molecule has 1 aliphatic heterocycles. The summed E-state index contributed by atoms with van der Waals surface area (Å²) in [6, 6.07) is 17.5. The van der Waals surface area contributed by atoms with Crippen molar-refractivity contribution in [2.75, 3.05) is 6.54 Å². The van der Waals surface area contributed by atoms with E-state index in [0.29, 0.717) is 24.4 Å². The highest BCUT2D eigenvalue weighted by Crippen LogP contribution is 2.40. The summed E-state index contributed by atoms with van der Waals surface area (Å²) < 4.78 is 5.54. The smallest absolute Gasteiger partial charge is 0.342 e. The van der Waals surface area contributed by atoms with E-state index in [0.717, 1.165) is 22.0 Å². The largest absolute Gasteiger partial charge is 0.459 e. The Labute approximate surface area is 188 Å². The molecule has 0 unspecified atom stereocenters. The molecule has 4 rings (SSSR count). The topological polar surface area (TPSA) is 74.4 Å². The predicted octanol–water partition coefficient (Wildman–Crippen LogP) is 4.96. The van der Waals surface area contributed by atoms with Crippen LogP contribution in [0.2, 0.25) is 0 Å². The Morgan fingerprint density at radius 2 is 1.78 bits per heavy atom. The van der Waals surface area contributed by atoms with Crippen LogP contribution < -0.4 is 5.32 Å². The van der Waals surface area contributed by atoms with Crippen LogP contribution in [0.25, 0.3) is 16.5 Å². The lowest BCUT2D eigenvalue weighted by molar-refractivity contribution is -0.140. The number of carbonyl (C=O) groups excluding carboxylic acids is 2. The van der Waals surface area contributed by atoms with Gasteiger partial charge < -0.3 is 15.0 Å². The number of H-pyrrole nitrogens is 1. The van der Waals surface area contributed by atoms with Crippen LogP contribution >= 0.6 is 0 Å². The van der Waals surface area contributed by atoms with Gasteiger partial charge in [0.1, 0.15) is 0 Å². The van der Waals surface area contributed by atoms with E-state index in [2.05, 4.69) is 24.1 Å². The molecule has 0 spiro atoms. The second kappa shape index (κ2) is 8.54. The van der Waals surface area contributed by atoms with Crippen molar-refractivity contribution in [1.82, 2.24) is 15.2 Å². The highest BCUT2D eigenvalue weighted by molar-refractivity contribution is 6.18. The number of hydrogen-bond acceptors (Lipinski definition) is 3. The molecule has 0 saturated carbocycles. The van der Waals surface area contributed by atoms with Gasteiger partial charge in [-0.2, -0.15) is 0 Å². The summed E-state index contributed by atoms with van der Waals surface area (Å²) in [4.78, 5) is 31.2. The molecule has 0 fully saturated rings. The minimum absolute atomic E-state index is 0.258. The number of nitrogens with zero attached hydrogens (tertiary/aromatic N) is 1. The minimum atomic E-state index is -0.452. The van der Waals surface area contributed by atoms with Crippen molar-refractivity contribution in [3.63, 3.8) is 0 Å². The maximum absolute atomic E-state index is 13.1. The Morgan fingerprint density at radius 3 is 2.50 bits per heavy atom. The van der Waals surface area contributed by atoms with Crippen molar-refractivity contribution in [2.24, 2.45) is 0 Å². The van der Waals surface area contributed by atoms with E-state index < -0.39 is 11.4 Å². The number of benzene rings is 2. The first kappa shape index (κ1) is 21.7. The number of carbonyl (C=O) groups is 2. The summed E-state index contributed by atoms with van der Waals surface area (Å²) in [6.07, 6.45) is 1.35. The van der Waals surface area contributed by atoms with Gasteiger partial charge in [0.2, 0.25) is 0 Å². The first-order valence-electron chi connectivity index (χ1n) is 10.9. The Morgan fingerprint density at radius 1 is 1.09 bits per heavy atom. The maximum atomic E-state index is 13.1. The van der Waals surface area contributed by atoms with Crippen LogP contribution in [0.1, 0.15) is 44.5 Å². The van der Waals surface area contributed by atoms with Gasteiger partial charge in [-0.25, -0.2) is 9.59 Å². The summed E-state index contributed by atoms with van der Waals surface area (Å²) in [7, 11) is 0. The summed E-state index contributed by atoms with van der Waals surface area (Å²) >= 11 is 0. The van der Waals surface area contributed by atoms with Crippen LogP contribution in [0.15, 0.2) is 60.8 Å². The van der Waals surface area contributed by atoms with Gasteiger partial charge in [0.05, 0.1) is 17.4 Å². The summed E-state index contributed by atoms with van der Waals surface area (Å²) in [5.74, 6) is -0.452. The van der Waals surface area contributed by atoms with E-state index in [4.69, 9.17) is 4.74 Å². The number of fused-ring (bicyclic) bond motifs is 3. The molecule has 2 N–H and O–H groups in total. The third kappa shape index (κ3) is 4.26. The fraction of sp³-hybridized carbons (Fsp3) is 0.308. The van der Waals surface area contributed by atoms with E-state index in [1.165, 1.54) is 0 Å². The third-order valence-corrected chi connectivity index (χ3v) is 5.61. The summed E-state index contributed by atoms with van der Waals surface area (Å²) in [5.41, 5.74) is 3.63. The van der Waals surface area contributed by atoms with E-state index in [1.54, 1.807) is 11.1 Å². The zero-order valence-electron chi connectivity index (χ0n) is 18.9. The number of urea groups is 1. The second-order valence-corrected chi connectivity index (χ2v) is 9.07. The number of hydrogen-bond donors (Lipinski definition) is 2. The molecular weight excluding hydrogens is 402 g/mol. The number of ether oxygens (including phenoxy) is 1. The van der Waals surface area contributed by atoms with E-state index in [1.807, 2.05) is 68.4 Å². The molecular formula is C26H29N3O3. The molecule has 0 saturated heterocycles. The molecule has 1 aliphatic rings. The van der Waals surface area contributed by atoms with Gasteiger partial charge in [-0.15, -0.1) is 0 Å². The van der Waals surface area contributed by atoms with E-state index in [-0.39, 0.29) is 12.1 Å². The average molecular weight is 432 g/mol. The number of aromatic amines is 1. The lowest BCUT2D eigenvalue weighted by Crippen LogP contribution is -2.42. The molecule has 2 heterocycles. The van der Waals surface area contributed by atoms with Crippen molar-refractivity contribution in [3.8, 4) is 0 Å². The maximum Gasteiger partial charge on any atom is 0.342 e. The van der Waals surface area contributed by atoms with Crippen molar-refractivity contribution in [3.05, 3.63) is 77.6 Å². The molecule has 32 heavy (non-hydrogen) atoms. The van der Waals surface area contributed by atoms with Gasteiger partial charge in [0.25, 0.3) is 0 Å². The molecule has 0 bridgehead atoms. The Kier molecular flexibility index (Phi) is 5.78. The number of aromatic nitrogens is 1. The van der Waals surface area contributed by atoms with Crippen molar-refractivity contribution in [1.29, 1.82) is 0 Å².